The first-order valence-corrected chi connectivity index (χ1v) is 6.39. The maximum atomic E-state index is 5.90. The maximum Gasteiger partial charge on any atom is 0.0342 e. The van der Waals surface area contributed by atoms with Gasteiger partial charge in [-0.05, 0) is 43.4 Å². The first kappa shape index (κ1) is 11.5. The zero-order valence-electron chi connectivity index (χ0n) is 10.1. The van der Waals surface area contributed by atoms with E-state index >= 15 is 0 Å². The fraction of sp³-hybridized carbons (Fsp3) is 0.571. The van der Waals surface area contributed by atoms with Gasteiger partial charge in [0.25, 0.3) is 0 Å². The molecule has 0 heterocycles. The standard InChI is InChI=1S/C14H22N2/c1-2-3-11-4-7-13(8-5-11)16-14-9-6-12(15)10-14/h4-5,7-8,12,14,16H,2-3,6,9-10,15H2,1H3. The summed E-state index contributed by atoms with van der Waals surface area (Å²) in [4.78, 5) is 0. The first-order chi connectivity index (χ1) is 7.78. The molecule has 0 aromatic heterocycles. The van der Waals surface area contributed by atoms with Crippen LogP contribution in [0.15, 0.2) is 24.3 Å². The van der Waals surface area contributed by atoms with Crippen molar-refractivity contribution >= 4 is 5.69 Å². The van der Waals surface area contributed by atoms with Crippen LogP contribution in [0.3, 0.4) is 0 Å². The van der Waals surface area contributed by atoms with Gasteiger partial charge in [0.05, 0.1) is 0 Å². The third-order valence-corrected chi connectivity index (χ3v) is 3.34. The average molecular weight is 218 g/mol. The quantitative estimate of drug-likeness (QED) is 0.815. The summed E-state index contributed by atoms with van der Waals surface area (Å²) in [5.74, 6) is 0. The normalized spacial score (nSPS) is 24.6. The molecule has 2 nitrogen and oxygen atoms in total. The first-order valence-electron chi connectivity index (χ1n) is 6.39. The molecule has 88 valence electrons. The van der Waals surface area contributed by atoms with Crippen molar-refractivity contribution in [3.05, 3.63) is 29.8 Å². The topological polar surface area (TPSA) is 38.0 Å². The van der Waals surface area contributed by atoms with Crippen LogP contribution >= 0.6 is 0 Å². The minimum absolute atomic E-state index is 0.400. The number of rotatable bonds is 4. The molecule has 1 aromatic rings. The smallest absolute Gasteiger partial charge is 0.0342 e. The molecule has 2 rings (SSSR count). The highest BCUT2D eigenvalue weighted by Gasteiger charge is 2.21. The van der Waals surface area contributed by atoms with Crippen molar-refractivity contribution in [2.45, 2.75) is 51.1 Å². The molecule has 0 spiro atoms. The van der Waals surface area contributed by atoms with E-state index in [2.05, 4.69) is 36.5 Å². The summed E-state index contributed by atoms with van der Waals surface area (Å²) in [5.41, 5.74) is 8.56. The molecular weight excluding hydrogens is 196 g/mol. The Morgan fingerprint density at radius 1 is 1.25 bits per heavy atom. The van der Waals surface area contributed by atoms with Gasteiger partial charge in [0.2, 0.25) is 0 Å². The van der Waals surface area contributed by atoms with Crippen molar-refractivity contribution in [1.29, 1.82) is 0 Å². The van der Waals surface area contributed by atoms with E-state index in [0.29, 0.717) is 12.1 Å². The number of nitrogens with one attached hydrogen (secondary N) is 1. The predicted octanol–water partition coefficient (Wildman–Crippen LogP) is 2.93. The maximum absolute atomic E-state index is 5.90. The summed E-state index contributed by atoms with van der Waals surface area (Å²) in [6.07, 6.45) is 5.86. The average Bonchev–Trinajstić information content (AvgIpc) is 2.67. The fourth-order valence-corrected chi connectivity index (χ4v) is 2.44. The van der Waals surface area contributed by atoms with Crippen LogP contribution in [0.1, 0.15) is 38.2 Å². The fourth-order valence-electron chi connectivity index (χ4n) is 2.44. The molecule has 1 fully saturated rings. The lowest BCUT2D eigenvalue weighted by Gasteiger charge is -2.14. The molecule has 1 saturated carbocycles. The second kappa shape index (κ2) is 5.35. The van der Waals surface area contributed by atoms with Gasteiger partial charge in [-0.2, -0.15) is 0 Å². The van der Waals surface area contributed by atoms with E-state index in [1.165, 1.54) is 30.5 Å². The van der Waals surface area contributed by atoms with Crippen molar-refractivity contribution in [2.75, 3.05) is 5.32 Å². The highest BCUT2D eigenvalue weighted by Crippen LogP contribution is 2.22. The van der Waals surface area contributed by atoms with E-state index in [1.54, 1.807) is 0 Å². The lowest BCUT2D eigenvalue weighted by molar-refractivity contribution is 0.688. The van der Waals surface area contributed by atoms with Crippen molar-refractivity contribution in [3.8, 4) is 0 Å². The Labute approximate surface area is 98.2 Å². The predicted molar refractivity (Wildman–Crippen MR) is 69.7 cm³/mol. The molecule has 1 aliphatic rings. The van der Waals surface area contributed by atoms with E-state index in [-0.39, 0.29) is 0 Å². The van der Waals surface area contributed by atoms with Gasteiger partial charge in [0.15, 0.2) is 0 Å². The Kier molecular flexibility index (Phi) is 3.83. The van der Waals surface area contributed by atoms with E-state index in [0.717, 1.165) is 12.8 Å². The van der Waals surface area contributed by atoms with E-state index in [4.69, 9.17) is 5.73 Å². The van der Waals surface area contributed by atoms with E-state index < -0.39 is 0 Å². The molecule has 16 heavy (non-hydrogen) atoms. The molecule has 0 bridgehead atoms. The molecule has 0 saturated heterocycles. The summed E-state index contributed by atoms with van der Waals surface area (Å²) < 4.78 is 0. The highest BCUT2D eigenvalue weighted by molar-refractivity contribution is 5.45. The van der Waals surface area contributed by atoms with Crippen molar-refractivity contribution in [3.63, 3.8) is 0 Å². The minimum atomic E-state index is 0.400. The molecule has 1 aromatic carbocycles. The molecule has 2 unspecified atom stereocenters. The number of hydrogen-bond donors (Lipinski definition) is 2. The molecule has 0 amide bonds. The number of hydrogen-bond acceptors (Lipinski definition) is 2. The number of anilines is 1. The van der Waals surface area contributed by atoms with Gasteiger partial charge in [-0.25, -0.2) is 0 Å². The van der Waals surface area contributed by atoms with Crippen LogP contribution in [-0.2, 0) is 6.42 Å². The van der Waals surface area contributed by atoms with Crippen LogP contribution in [0, 0.1) is 0 Å². The number of benzene rings is 1. The van der Waals surface area contributed by atoms with Crippen LogP contribution in [0.5, 0.6) is 0 Å². The third-order valence-electron chi connectivity index (χ3n) is 3.34. The Bertz CT molecular complexity index is 318. The lowest BCUT2D eigenvalue weighted by Crippen LogP contribution is -2.20. The van der Waals surface area contributed by atoms with Gasteiger partial charge in [-0.15, -0.1) is 0 Å². The molecule has 2 heteroatoms. The zero-order chi connectivity index (χ0) is 11.4. The summed E-state index contributed by atoms with van der Waals surface area (Å²) in [6, 6.07) is 9.80. The van der Waals surface area contributed by atoms with Gasteiger partial charge in [0, 0.05) is 17.8 Å². The summed E-state index contributed by atoms with van der Waals surface area (Å²) in [6.45, 7) is 2.21. The van der Waals surface area contributed by atoms with Crippen LogP contribution in [0.25, 0.3) is 0 Å². The summed E-state index contributed by atoms with van der Waals surface area (Å²) >= 11 is 0. The van der Waals surface area contributed by atoms with Gasteiger partial charge in [0.1, 0.15) is 0 Å². The summed E-state index contributed by atoms with van der Waals surface area (Å²) in [7, 11) is 0. The van der Waals surface area contributed by atoms with Crippen LogP contribution in [0.2, 0.25) is 0 Å². The third kappa shape index (κ3) is 2.99. The highest BCUT2D eigenvalue weighted by atomic mass is 14.9. The van der Waals surface area contributed by atoms with Crippen molar-refractivity contribution in [1.82, 2.24) is 0 Å². The molecule has 3 N–H and O–H groups in total. The zero-order valence-corrected chi connectivity index (χ0v) is 10.1. The Balaban J connectivity index is 1.89. The van der Waals surface area contributed by atoms with Crippen LogP contribution in [0.4, 0.5) is 5.69 Å². The Hall–Kier alpha value is -1.02. The molecule has 0 radical (unpaired) electrons. The largest absolute Gasteiger partial charge is 0.382 e. The second-order valence-corrected chi connectivity index (χ2v) is 4.86. The molecule has 2 atom stereocenters. The lowest BCUT2D eigenvalue weighted by atomic mass is 10.1. The van der Waals surface area contributed by atoms with Crippen LogP contribution < -0.4 is 11.1 Å². The van der Waals surface area contributed by atoms with Crippen LogP contribution in [-0.4, -0.2) is 12.1 Å². The monoisotopic (exact) mass is 218 g/mol. The van der Waals surface area contributed by atoms with Gasteiger partial charge < -0.3 is 11.1 Å². The second-order valence-electron chi connectivity index (χ2n) is 4.86. The summed E-state index contributed by atoms with van der Waals surface area (Å²) in [5, 5.41) is 3.56. The SMILES string of the molecule is CCCc1ccc(NC2CCC(N)C2)cc1. The molecule has 0 aliphatic heterocycles. The van der Waals surface area contributed by atoms with Gasteiger partial charge in [-0.1, -0.05) is 25.5 Å². The van der Waals surface area contributed by atoms with E-state index in [1.807, 2.05) is 0 Å². The Morgan fingerprint density at radius 2 is 2.00 bits per heavy atom. The number of aryl methyl sites for hydroxylation is 1. The molecule has 1 aliphatic carbocycles. The van der Waals surface area contributed by atoms with E-state index in [9.17, 15) is 0 Å². The minimum Gasteiger partial charge on any atom is -0.382 e. The Morgan fingerprint density at radius 3 is 2.56 bits per heavy atom. The number of nitrogens with two attached hydrogens (primary N) is 1. The van der Waals surface area contributed by atoms with Gasteiger partial charge in [-0.3, -0.25) is 0 Å². The van der Waals surface area contributed by atoms with Gasteiger partial charge >= 0.3 is 0 Å². The van der Waals surface area contributed by atoms with Crippen molar-refractivity contribution < 1.29 is 0 Å². The van der Waals surface area contributed by atoms with Crippen molar-refractivity contribution in [2.24, 2.45) is 5.73 Å². The molecular formula is C14H22N2.